The molecule has 0 bridgehead atoms. The molecule has 0 saturated carbocycles. The number of benzene rings is 2. The number of halogens is 2. The zero-order valence-electron chi connectivity index (χ0n) is 12.5. The van der Waals surface area contributed by atoms with E-state index in [0.717, 1.165) is 11.8 Å². The first-order valence-electron chi connectivity index (χ1n) is 6.74. The molecule has 1 N–H and O–H groups in total. The summed E-state index contributed by atoms with van der Waals surface area (Å²) in [5, 5.41) is 3.70. The van der Waals surface area contributed by atoms with Crippen molar-refractivity contribution in [1.29, 1.82) is 0 Å². The van der Waals surface area contributed by atoms with Gasteiger partial charge in [-0.3, -0.25) is 4.79 Å². The van der Waals surface area contributed by atoms with Gasteiger partial charge in [-0.1, -0.05) is 29.3 Å². The number of amides is 1. The van der Waals surface area contributed by atoms with Crippen LogP contribution in [0.3, 0.4) is 0 Å². The topological polar surface area (TPSA) is 63.2 Å². The maximum absolute atomic E-state index is 12.2. The Morgan fingerprint density at radius 1 is 1.04 bits per heavy atom. The Balaban J connectivity index is 2.13. The lowest BCUT2D eigenvalue weighted by atomic mass is 10.1. The predicted molar refractivity (Wildman–Crippen MR) is 91.9 cm³/mol. The van der Waals surface area contributed by atoms with Crippen molar-refractivity contribution in [3.05, 3.63) is 63.6 Å². The third kappa shape index (κ3) is 4.47. The van der Waals surface area contributed by atoms with Gasteiger partial charge in [-0.05, 0) is 48.9 Å². The smallest absolute Gasteiger partial charge is 0.251 e. The van der Waals surface area contributed by atoms with Crippen LogP contribution in [0.5, 0.6) is 0 Å². The lowest BCUT2D eigenvalue weighted by Crippen LogP contribution is -2.26. The minimum atomic E-state index is -3.28. The fourth-order valence-corrected chi connectivity index (χ4v) is 2.94. The van der Waals surface area contributed by atoms with E-state index in [1.165, 1.54) is 24.3 Å². The second kappa shape index (κ2) is 6.91. The fourth-order valence-electron chi connectivity index (χ4n) is 2.00. The molecule has 0 fully saturated rings. The summed E-state index contributed by atoms with van der Waals surface area (Å²) in [5.41, 5.74) is 1.20. The second-order valence-electron chi connectivity index (χ2n) is 5.17. The largest absolute Gasteiger partial charge is 0.346 e. The Morgan fingerprint density at radius 2 is 1.65 bits per heavy atom. The van der Waals surface area contributed by atoms with Crippen molar-refractivity contribution in [2.24, 2.45) is 0 Å². The van der Waals surface area contributed by atoms with Crippen LogP contribution < -0.4 is 5.32 Å². The summed E-state index contributed by atoms with van der Waals surface area (Å²) in [5.74, 6) is -0.302. The van der Waals surface area contributed by atoms with E-state index in [9.17, 15) is 13.2 Å². The van der Waals surface area contributed by atoms with Gasteiger partial charge in [0.05, 0.1) is 21.0 Å². The van der Waals surface area contributed by atoms with Crippen LogP contribution in [0.4, 0.5) is 0 Å². The molecule has 2 rings (SSSR count). The van der Waals surface area contributed by atoms with Crippen LogP contribution in [0.1, 0.15) is 28.9 Å². The van der Waals surface area contributed by atoms with Crippen molar-refractivity contribution >= 4 is 38.9 Å². The Kier molecular flexibility index (Phi) is 5.34. The zero-order chi connectivity index (χ0) is 17.2. The van der Waals surface area contributed by atoms with Gasteiger partial charge < -0.3 is 5.32 Å². The van der Waals surface area contributed by atoms with Crippen LogP contribution in [0.25, 0.3) is 0 Å². The van der Waals surface area contributed by atoms with Gasteiger partial charge in [0.15, 0.2) is 9.84 Å². The average molecular weight is 372 g/mol. The van der Waals surface area contributed by atoms with Gasteiger partial charge in [0, 0.05) is 11.8 Å². The maximum atomic E-state index is 12.2. The molecule has 1 atom stereocenters. The van der Waals surface area contributed by atoms with Gasteiger partial charge in [0.1, 0.15) is 0 Å². The van der Waals surface area contributed by atoms with Crippen molar-refractivity contribution in [3.8, 4) is 0 Å². The third-order valence-corrected chi connectivity index (χ3v) is 5.20. The SMILES string of the molecule is CC(NC(=O)c1ccc(S(C)(=O)=O)cc1)c1ccc(Cl)c(Cl)c1. The van der Waals surface area contributed by atoms with Gasteiger partial charge in [0.2, 0.25) is 0 Å². The van der Waals surface area contributed by atoms with Crippen molar-refractivity contribution in [3.63, 3.8) is 0 Å². The van der Waals surface area contributed by atoms with Crippen molar-refractivity contribution in [2.75, 3.05) is 6.26 Å². The molecule has 1 amide bonds. The van der Waals surface area contributed by atoms with E-state index in [4.69, 9.17) is 23.2 Å². The molecule has 0 radical (unpaired) electrons. The molecule has 0 aliphatic carbocycles. The number of sulfone groups is 1. The Morgan fingerprint density at radius 3 is 2.17 bits per heavy atom. The molecular formula is C16H15Cl2NO3S. The number of carbonyl (C=O) groups is 1. The Hall–Kier alpha value is -1.56. The quantitative estimate of drug-likeness (QED) is 0.886. The standard InChI is InChI=1S/C16H15Cl2NO3S/c1-10(12-5-8-14(17)15(18)9-12)19-16(20)11-3-6-13(7-4-11)23(2,21)22/h3-10H,1-2H3,(H,19,20). The first kappa shape index (κ1) is 17.8. The van der Waals surface area contributed by atoms with Crippen LogP contribution in [0.15, 0.2) is 47.4 Å². The summed E-state index contributed by atoms with van der Waals surface area (Å²) in [7, 11) is -3.28. The normalized spacial score (nSPS) is 12.7. The minimum absolute atomic E-state index is 0.173. The van der Waals surface area contributed by atoms with E-state index in [-0.39, 0.29) is 16.8 Å². The average Bonchev–Trinajstić information content (AvgIpc) is 2.49. The van der Waals surface area contributed by atoms with Gasteiger partial charge in [-0.15, -0.1) is 0 Å². The summed E-state index contributed by atoms with van der Waals surface area (Å²) in [4.78, 5) is 12.4. The molecule has 0 aliphatic heterocycles. The summed E-state index contributed by atoms with van der Waals surface area (Å²) < 4.78 is 22.8. The lowest BCUT2D eigenvalue weighted by Gasteiger charge is -2.15. The molecule has 122 valence electrons. The number of hydrogen-bond donors (Lipinski definition) is 1. The Labute approximate surface area is 145 Å². The molecule has 0 saturated heterocycles. The van der Waals surface area contributed by atoms with Crippen LogP contribution in [-0.4, -0.2) is 20.6 Å². The fraction of sp³-hybridized carbons (Fsp3) is 0.188. The van der Waals surface area contributed by atoms with Crippen LogP contribution in [0.2, 0.25) is 10.0 Å². The van der Waals surface area contributed by atoms with Gasteiger partial charge in [0.25, 0.3) is 5.91 Å². The van der Waals surface area contributed by atoms with E-state index < -0.39 is 9.84 Å². The summed E-state index contributed by atoms with van der Waals surface area (Å²) >= 11 is 11.8. The molecule has 4 nitrogen and oxygen atoms in total. The number of hydrogen-bond acceptors (Lipinski definition) is 3. The second-order valence-corrected chi connectivity index (χ2v) is 8.00. The first-order valence-corrected chi connectivity index (χ1v) is 9.39. The van der Waals surface area contributed by atoms with E-state index in [0.29, 0.717) is 15.6 Å². The lowest BCUT2D eigenvalue weighted by molar-refractivity contribution is 0.0940. The molecule has 2 aromatic rings. The van der Waals surface area contributed by atoms with Crippen molar-refractivity contribution in [2.45, 2.75) is 17.9 Å². The summed E-state index contributed by atoms with van der Waals surface area (Å²) in [6, 6.07) is 10.7. The monoisotopic (exact) mass is 371 g/mol. The highest BCUT2D eigenvalue weighted by atomic mass is 35.5. The summed E-state index contributed by atoms with van der Waals surface area (Å²) in [6.45, 7) is 1.82. The highest BCUT2D eigenvalue weighted by molar-refractivity contribution is 7.90. The van der Waals surface area contributed by atoms with Crippen LogP contribution in [-0.2, 0) is 9.84 Å². The number of nitrogens with one attached hydrogen (secondary N) is 1. The first-order chi connectivity index (χ1) is 10.7. The van der Waals surface area contributed by atoms with Crippen molar-refractivity contribution in [1.82, 2.24) is 5.32 Å². The maximum Gasteiger partial charge on any atom is 0.251 e. The highest BCUT2D eigenvalue weighted by Gasteiger charge is 2.14. The van der Waals surface area contributed by atoms with E-state index in [1.807, 2.05) is 6.92 Å². The molecule has 0 spiro atoms. The molecule has 23 heavy (non-hydrogen) atoms. The van der Waals surface area contributed by atoms with Gasteiger partial charge >= 0.3 is 0 Å². The molecule has 0 aromatic heterocycles. The summed E-state index contributed by atoms with van der Waals surface area (Å²) in [6.07, 6.45) is 1.12. The highest BCUT2D eigenvalue weighted by Crippen LogP contribution is 2.25. The molecular weight excluding hydrogens is 357 g/mol. The van der Waals surface area contributed by atoms with Gasteiger partial charge in [-0.2, -0.15) is 0 Å². The van der Waals surface area contributed by atoms with Crippen LogP contribution >= 0.6 is 23.2 Å². The van der Waals surface area contributed by atoms with Crippen LogP contribution in [0, 0.1) is 0 Å². The Bertz CT molecular complexity index is 833. The zero-order valence-corrected chi connectivity index (χ0v) is 14.8. The molecule has 7 heteroatoms. The van der Waals surface area contributed by atoms with E-state index in [2.05, 4.69) is 5.32 Å². The minimum Gasteiger partial charge on any atom is -0.346 e. The molecule has 1 unspecified atom stereocenters. The molecule has 0 aliphatic rings. The van der Waals surface area contributed by atoms with E-state index in [1.54, 1.807) is 18.2 Å². The predicted octanol–water partition coefficient (Wildman–Crippen LogP) is 3.89. The number of carbonyl (C=O) groups excluding carboxylic acids is 1. The molecule has 2 aromatic carbocycles. The molecule has 0 heterocycles. The van der Waals surface area contributed by atoms with Crippen molar-refractivity contribution < 1.29 is 13.2 Å². The van der Waals surface area contributed by atoms with E-state index >= 15 is 0 Å². The third-order valence-electron chi connectivity index (χ3n) is 3.34. The number of rotatable bonds is 4. The van der Waals surface area contributed by atoms with Gasteiger partial charge in [-0.25, -0.2) is 8.42 Å².